The van der Waals surface area contributed by atoms with E-state index in [1.165, 1.54) is 12.1 Å². The van der Waals surface area contributed by atoms with Gasteiger partial charge in [-0.2, -0.15) is 0 Å². The molecule has 4 aromatic rings. The summed E-state index contributed by atoms with van der Waals surface area (Å²) in [5.41, 5.74) is 2.34. The summed E-state index contributed by atoms with van der Waals surface area (Å²) in [5.74, 6) is 0.211. The second-order valence-electron chi connectivity index (χ2n) is 7.01. The van der Waals surface area contributed by atoms with E-state index in [0.717, 1.165) is 21.0 Å². The third-order valence-corrected chi connectivity index (χ3v) is 8.92. The Morgan fingerprint density at radius 2 is 2.00 bits per heavy atom. The van der Waals surface area contributed by atoms with E-state index in [1.54, 1.807) is 23.6 Å². The van der Waals surface area contributed by atoms with E-state index in [1.807, 2.05) is 16.8 Å². The second kappa shape index (κ2) is 7.21. The molecule has 4 rings (SSSR count). The molecule has 3 nitrogen and oxygen atoms in total. The van der Waals surface area contributed by atoms with Crippen molar-refractivity contribution in [2.75, 3.05) is 0 Å². The molecule has 1 N–H and O–H groups in total. The Hall–Kier alpha value is -1.97. The van der Waals surface area contributed by atoms with Gasteiger partial charge in [0, 0.05) is 0 Å². The van der Waals surface area contributed by atoms with Crippen LogP contribution >= 0.6 is 11.3 Å². The molecule has 0 fully saturated rings. The molecule has 0 saturated heterocycles. The van der Waals surface area contributed by atoms with Gasteiger partial charge in [-0.15, -0.1) is 0 Å². The summed E-state index contributed by atoms with van der Waals surface area (Å²) in [6.45, 7) is 6.67. The van der Waals surface area contributed by atoms with Gasteiger partial charge in [0.2, 0.25) is 0 Å². The predicted molar refractivity (Wildman–Crippen MR) is 113 cm³/mol. The van der Waals surface area contributed by atoms with Gasteiger partial charge in [-0.25, -0.2) is 0 Å². The van der Waals surface area contributed by atoms with Crippen molar-refractivity contribution in [3.05, 3.63) is 57.4 Å². The van der Waals surface area contributed by atoms with Crippen molar-refractivity contribution in [3.63, 3.8) is 0 Å². The number of halogens is 1. The molecule has 1 atom stereocenters. The molecule has 0 spiro atoms. The number of pyridine rings is 2. The Labute approximate surface area is 167 Å². The number of aromatic nitrogens is 2. The van der Waals surface area contributed by atoms with Crippen LogP contribution in [-0.4, -0.2) is 25.7 Å². The summed E-state index contributed by atoms with van der Waals surface area (Å²) in [6, 6.07) is 6.71. The fraction of sp³-hybridized carbons (Fsp3) is 0.238. The molecule has 6 heteroatoms. The van der Waals surface area contributed by atoms with Gasteiger partial charge < -0.3 is 0 Å². The maximum atomic E-state index is 14.1. The average molecular weight is 441 g/mol. The Bertz CT molecular complexity index is 1180. The van der Waals surface area contributed by atoms with Gasteiger partial charge in [0.05, 0.1) is 0 Å². The van der Waals surface area contributed by atoms with E-state index in [2.05, 4.69) is 25.8 Å². The molecule has 0 bridgehead atoms. The Morgan fingerprint density at radius 3 is 2.70 bits per heavy atom. The normalized spacial score (nSPS) is 13.4. The fourth-order valence-corrected chi connectivity index (χ4v) is 6.17. The molecule has 137 valence electrons. The van der Waals surface area contributed by atoms with E-state index < -0.39 is 0 Å². The topological polar surface area (TPSA) is 45.8 Å². The number of aromatic amines is 1. The van der Waals surface area contributed by atoms with Crippen LogP contribution < -0.4 is 10.0 Å². The number of hydrogen-bond donors (Lipinski definition) is 1. The van der Waals surface area contributed by atoms with Crippen molar-refractivity contribution >= 4 is 53.2 Å². The van der Waals surface area contributed by atoms with Gasteiger partial charge >= 0.3 is 168 Å². The van der Waals surface area contributed by atoms with Crippen LogP contribution in [0.15, 0.2) is 46.0 Å². The van der Waals surface area contributed by atoms with Crippen LogP contribution in [0.3, 0.4) is 0 Å². The Morgan fingerprint density at radius 1 is 1.19 bits per heavy atom. The number of H-pyrrole nitrogens is 1. The first kappa shape index (κ1) is 18.4. The van der Waals surface area contributed by atoms with Crippen LogP contribution in [0.5, 0.6) is 0 Å². The molecule has 0 unspecified atom stereocenters. The molecular formula is C21H19AsFN2OS. The number of nitrogens with one attached hydrogen (secondary N) is 1. The third kappa shape index (κ3) is 3.35. The summed E-state index contributed by atoms with van der Waals surface area (Å²) < 4.78 is 15.6. The van der Waals surface area contributed by atoms with Crippen molar-refractivity contribution in [3.8, 4) is 11.1 Å². The van der Waals surface area contributed by atoms with Gasteiger partial charge in [0.25, 0.3) is 0 Å². The number of fused-ring (bicyclic) bond motifs is 3. The molecule has 3 heterocycles. The van der Waals surface area contributed by atoms with Crippen LogP contribution in [0.1, 0.15) is 20.8 Å². The number of thiophene rings is 1. The van der Waals surface area contributed by atoms with Crippen LogP contribution in [0, 0.1) is 11.7 Å². The van der Waals surface area contributed by atoms with E-state index in [0.29, 0.717) is 26.9 Å². The molecule has 0 aliphatic carbocycles. The van der Waals surface area contributed by atoms with Crippen molar-refractivity contribution in [1.82, 2.24) is 9.97 Å². The minimum atomic E-state index is -0.338. The first-order chi connectivity index (χ1) is 13.0. The maximum absolute atomic E-state index is 14.1. The van der Waals surface area contributed by atoms with E-state index in [9.17, 15) is 9.18 Å². The fourth-order valence-electron chi connectivity index (χ4n) is 3.05. The summed E-state index contributed by atoms with van der Waals surface area (Å²) in [6.07, 6.45) is 1.72. The number of benzene rings is 1. The summed E-state index contributed by atoms with van der Waals surface area (Å²) in [7, 11) is 0. The van der Waals surface area contributed by atoms with Crippen molar-refractivity contribution in [1.29, 1.82) is 0 Å². The SMILES string of the molecule is CC(C)[C@@H](C)[As]c1nc2c(-c3ccsc3)c[nH]c(=O)c2c2cc(F)ccc12. The predicted octanol–water partition coefficient (Wildman–Crippen LogP) is 4.74. The van der Waals surface area contributed by atoms with Crippen molar-refractivity contribution < 1.29 is 4.39 Å². The first-order valence-electron chi connectivity index (χ1n) is 8.83. The summed E-state index contributed by atoms with van der Waals surface area (Å²) >= 11 is 1.38. The zero-order valence-corrected chi connectivity index (χ0v) is 18.0. The van der Waals surface area contributed by atoms with Crippen molar-refractivity contribution in [2.24, 2.45) is 5.92 Å². The summed E-state index contributed by atoms with van der Waals surface area (Å²) in [4.78, 5) is 20.5. The van der Waals surface area contributed by atoms with Crippen LogP contribution in [0.4, 0.5) is 4.39 Å². The zero-order chi connectivity index (χ0) is 19.1. The molecule has 3 aromatic heterocycles. The van der Waals surface area contributed by atoms with Gasteiger partial charge in [-0.05, 0) is 0 Å². The van der Waals surface area contributed by atoms with Gasteiger partial charge in [-0.3, -0.25) is 0 Å². The molecule has 0 aliphatic heterocycles. The van der Waals surface area contributed by atoms with Crippen LogP contribution in [0.25, 0.3) is 32.8 Å². The second-order valence-corrected chi connectivity index (χ2v) is 10.9. The van der Waals surface area contributed by atoms with Crippen molar-refractivity contribution in [2.45, 2.75) is 25.5 Å². The molecule has 1 aromatic carbocycles. The Balaban J connectivity index is 2.11. The Kier molecular flexibility index (Phi) is 4.91. The van der Waals surface area contributed by atoms with Crippen LogP contribution in [-0.2, 0) is 0 Å². The quantitative estimate of drug-likeness (QED) is 0.368. The standard InChI is InChI=1S/C21H19AsFN2OS/c1-11(2)12(3)22-20-15-5-4-14(23)8-16(15)18-19(25-20)17(9-24-21(18)26)13-6-7-27-10-13/h4-12H,1-3H3,(H,24,26)/t12-/m1/s1. The summed E-state index contributed by atoms with van der Waals surface area (Å²) in [5, 5.41) is 6.05. The number of hydrogen-bond acceptors (Lipinski definition) is 3. The van der Waals surface area contributed by atoms with Gasteiger partial charge in [0.1, 0.15) is 0 Å². The van der Waals surface area contributed by atoms with Gasteiger partial charge in [0.15, 0.2) is 0 Å². The monoisotopic (exact) mass is 441 g/mol. The van der Waals surface area contributed by atoms with E-state index in [-0.39, 0.29) is 27.1 Å². The number of nitrogens with zero attached hydrogens (tertiary/aromatic N) is 1. The third-order valence-electron chi connectivity index (χ3n) is 4.90. The average Bonchev–Trinajstić information content (AvgIpc) is 3.15. The minimum absolute atomic E-state index is 0.215. The molecule has 27 heavy (non-hydrogen) atoms. The molecule has 0 amide bonds. The molecule has 0 aliphatic rings. The van der Waals surface area contributed by atoms with E-state index >= 15 is 0 Å². The van der Waals surface area contributed by atoms with E-state index in [4.69, 9.17) is 4.98 Å². The zero-order valence-electron chi connectivity index (χ0n) is 15.3. The molecule has 0 saturated carbocycles. The molecular weight excluding hydrogens is 422 g/mol. The first-order valence-corrected chi connectivity index (χ1v) is 11.8. The number of rotatable bonds is 4. The van der Waals surface area contributed by atoms with Crippen LogP contribution in [0.2, 0.25) is 4.71 Å². The molecule has 1 radical (unpaired) electrons. The van der Waals surface area contributed by atoms with Gasteiger partial charge in [-0.1, -0.05) is 0 Å².